The summed E-state index contributed by atoms with van der Waals surface area (Å²) in [5, 5.41) is 8.52. The first kappa shape index (κ1) is 18.6. The van der Waals surface area contributed by atoms with Crippen molar-refractivity contribution >= 4 is 11.3 Å². The molecule has 0 amide bonds. The molecule has 142 valence electrons. The van der Waals surface area contributed by atoms with E-state index in [1.54, 1.807) is 11.3 Å². The molecular weight excluding hydrogens is 366 g/mol. The van der Waals surface area contributed by atoms with Gasteiger partial charge < -0.3 is 9.84 Å². The van der Waals surface area contributed by atoms with Gasteiger partial charge in [-0.1, -0.05) is 79.2 Å². The number of aromatic nitrogens is 2. The molecule has 5 heteroatoms. The van der Waals surface area contributed by atoms with Crippen LogP contribution in [0.1, 0.15) is 41.3 Å². The van der Waals surface area contributed by atoms with Crippen LogP contribution in [0.5, 0.6) is 0 Å². The molecule has 2 aromatic carbocycles. The minimum absolute atomic E-state index is 0.225. The molecule has 0 aliphatic carbocycles. The summed E-state index contributed by atoms with van der Waals surface area (Å²) in [6.45, 7) is 2.85. The molecule has 2 N–H and O–H groups in total. The van der Waals surface area contributed by atoms with Crippen molar-refractivity contribution in [3.63, 3.8) is 0 Å². The summed E-state index contributed by atoms with van der Waals surface area (Å²) >= 11 is 1.78. The Morgan fingerprint density at radius 2 is 1.82 bits per heavy atom. The lowest BCUT2D eigenvalue weighted by atomic mass is 10.0. The maximum absolute atomic E-state index is 5.48. The Balaban J connectivity index is 1.50. The SMILES string of the molecule is CCCc1ccc([C@H]([NH2+]Cc2nc(-c3ccccc3)no2)c2cccs2)cc1. The maximum Gasteiger partial charge on any atom is 0.282 e. The topological polar surface area (TPSA) is 55.5 Å². The molecule has 0 aliphatic heterocycles. The zero-order chi connectivity index (χ0) is 19.2. The van der Waals surface area contributed by atoms with Crippen molar-refractivity contribution < 1.29 is 9.84 Å². The molecule has 0 saturated carbocycles. The normalized spacial score (nSPS) is 12.2. The number of nitrogens with two attached hydrogens (primary N) is 1. The lowest BCUT2D eigenvalue weighted by Crippen LogP contribution is -2.83. The molecule has 4 nitrogen and oxygen atoms in total. The van der Waals surface area contributed by atoms with E-state index in [0.29, 0.717) is 18.3 Å². The quantitative estimate of drug-likeness (QED) is 0.478. The van der Waals surface area contributed by atoms with Crippen molar-refractivity contribution in [2.45, 2.75) is 32.4 Å². The number of nitrogens with zero attached hydrogens (tertiary/aromatic N) is 2. The second-order valence-corrected chi connectivity index (χ2v) is 7.78. The van der Waals surface area contributed by atoms with Crippen LogP contribution in [-0.4, -0.2) is 10.1 Å². The summed E-state index contributed by atoms with van der Waals surface area (Å²) < 4.78 is 5.48. The minimum Gasteiger partial charge on any atom is -0.333 e. The number of rotatable bonds is 8. The van der Waals surface area contributed by atoms with E-state index in [0.717, 1.165) is 12.0 Å². The Hall–Kier alpha value is -2.76. The zero-order valence-corrected chi connectivity index (χ0v) is 16.7. The van der Waals surface area contributed by atoms with Crippen LogP contribution in [0, 0.1) is 0 Å². The Morgan fingerprint density at radius 1 is 1.00 bits per heavy atom. The minimum atomic E-state index is 0.225. The highest BCUT2D eigenvalue weighted by Crippen LogP contribution is 2.23. The average molecular weight is 391 g/mol. The molecule has 0 unspecified atom stereocenters. The van der Waals surface area contributed by atoms with Gasteiger partial charge in [-0.2, -0.15) is 4.98 Å². The molecule has 28 heavy (non-hydrogen) atoms. The molecule has 0 radical (unpaired) electrons. The van der Waals surface area contributed by atoms with Crippen molar-refractivity contribution in [2.24, 2.45) is 0 Å². The number of quaternary nitrogens is 1. The second-order valence-electron chi connectivity index (χ2n) is 6.80. The largest absolute Gasteiger partial charge is 0.333 e. The van der Waals surface area contributed by atoms with E-state index in [4.69, 9.17) is 4.52 Å². The van der Waals surface area contributed by atoms with Gasteiger partial charge in [0.1, 0.15) is 6.04 Å². The third-order valence-electron chi connectivity index (χ3n) is 4.76. The van der Waals surface area contributed by atoms with Gasteiger partial charge in [0.2, 0.25) is 5.82 Å². The number of hydrogen-bond acceptors (Lipinski definition) is 4. The number of aryl methyl sites for hydroxylation is 1. The van der Waals surface area contributed by atoms with E-state index < -0.39 is 0 Å². The Bertz CT molecular complexity index is 978. The summed E-state index contributed by atoms with van der Waals surface area (Å²) in [4.78, 5) is 5.89. The molecule has 0 fully saturated rings. The van der Waals surface area contributed by atoms with Crippen LogP contribution in [0.4, 0.5) is 0 Å². The summed E-state index contributed by atoms with van der Waals surface area (Å²) in [5.41, 5.74) is 3.66. The molecule has 2 heterocycles. The van der Waals surface area contributed by atoms with Crippen LogP contribution in [0.15, 0.2) is 76.6 Å². The lowest BCUT2D eigenvalue weighted by molar-refractivity contribution is -0.704. The Labute approximate surface area is 169 Å². The molecular formula is C23H24N3OS+. The van der Waals surface area contributed by atoms with E-state index in [9.17, 15) is 0 Å². The summed E-state index contributed by atoms with van der Waals surface area (Å²) in [5.74, 6) is 1.28. The number of benzene rings is 2. The third kappa shape index (κ3) is 4.38. The fourth-order valence-electron chi connectivity index (χ4n) is 3.33. The van der Waals surface area contributed by atoms with E-state index in [1.165, 1.54) is 22.4 Å². The van der Waals surface area contributed by atoms with Crippen LogP contribution < -0.4 is 5.32 Å². The van der Waals surface area contributed by atoms with E-state index in [2.05, 4.69) is 64.2 Å². The first-order valence-electron chi connectivity index (χ1n) is 9.67. The Kier molecular flexibility index (Phi) is 5.95. The highest BCUT2D eigenvalue weighted by molar-refractivity contribution is 7.10. The van der Waals surface area contributed by atoms with Crippen LogP contribution in [0.25, 0.3) is 11.4 Å². The molecule has 0 bridgehead atoms. The predicted molar refractivity (Wildman–Crippen MR) is 112 cm³/mol. The van der Waals surface area contributed by atoms with E-state index >= 15 is 0 Å². The van der Waals surface area contributed by atoms with E-state index in [-0.39, 0.29) is 6.04 Å². The highest BCUT2D eigenvalue weighted by atomic mass is 32.1. The van der Waals surface area contributed by atoms with Gasteiger partial charge in [-0.3, -0.25) is 0 Å². The van der Waals surface area contributed by atoms with Gasteiger partial charge in [-0.05, 0) is 23.4 Å². The van der Waals surface area contributed by atoms with Gasteiger partial charge in [-0.15, -0.1) is 11.3 Å². The molecule has 1 atom stereocenters. The zero-order valence-electron chi connectivity index (χ0n) is 15.9. The van der Waals surface area contributed by atoms with Crippen LogP contribution >= 0.6 is 11.3 Å². The van der Waals surface area contributed by atoms with Gasteiger partial charge in [-0.25, -0.2) is 0 Å². The predicted octanol–water partition coefficient (Wildman–Crippen LogP) is 4.60. The first-order chi connectivity index (χ1) is 13.8. The summed E-state index contributed by atoms with van der Waals surface area (Å²) in [6.07, 6.45) is 2.29. The van der Waals surface area contributed by atoms with Gasteiger partial charge in [0.05, 0.1) is 4.88 Å². The highest BCUT2D eigenvalue weighted by Gasteiger charge is 2.20. The van der Waals surface area contributed by atoms with Crippen LogP contribution in [0.2, 0.25) is 0 Å². The lowest BCUT2D eigenvalue weighted by Gasteiger charge is -2.14. The van der Waals surface area contributed by atoms with Crippen molar-refractivity contribution in [1.29, 1.82) is 0 Å². The molecule has 0 spiro atoms. The van der Waals surface area contributed by atoms with Gasteiger partial charge >= 0.3 is 0 Å². The van der Waals surface area contributed by atoms with Crippen molar-refractivity contribution in [3.05, 3.63) is 94.0 Å². The monoisotopic (exact) mass is 390 g/mol. The fraction of sp³-hybridized carbons (Fsp3) is 0.217. The van der Waals surface area contributed by atoms with Crippen molar-refractivity contribution in [3.8, 4) is 11.4 Å². The molecule has 0 aliphatic rings. The third-order valence-corrected chi connectivity index (χ3v) is 5.71. The van der Waals surface area contributed by atoms with Gasteiger partial charge in [0.15, 0.2) is 6.54 Å². The number of hydrogen-bond donors (Lipinski definition) is 1. The van der Waals surface area contributed by atoms with Gasteiger partial charge in [0, 0.05) is 11.1 Å². The average Bonchev–Trinajstić information content (AvgIpc) is 3.43. The molecule has 0 saturated heterocycles. The maximum atomic E-state index is 5.48. The molecule has 4 rings (SSSR count). The van der Waals surface area contributed by atoms with Crippen molar-refractivity contribution in [1.82, 2.24) is 10.1 Å². The van der Waals surface area contributed by atoms with Gasteiger partial charge in [0.25, 0.3) is 5.89 Å². The van der Waals surface area contributed by atoms with Crippen LogP contribution in [0.3, 0.4) is 0 Å². The first-order valence-corrected chi connectivity index (χ1v) is 10.5. The number of thiophene rings is 1. The second kappa shape index (κ2) is 8.95. The fourth-order valence-corrected chi connectivity index (χ4v) is 4.18. The van der Waals surface area contributed by atoms with Crippen molar-refractivity contribution in [2.75, 3.05) is 0 Å². The summed E-state index contributed by atoms with van der Waals surface area (Å²) in [7, 11) is 0. The van der Waals surface area contributed by atoms with Crippen LogP contribution in [-0.2, 0) is 13.0 Å². The standard InChI is InChI=1S/C23H23N3OS/c1-2-7-17-11-13-18(14-12-17)22(20-10-6-15-28-20)24-16-21-25-23(26-27-21)19-8-4-3-5-9-19/h3-6,8-15,22,24H,2,7,16H2,1H3/p+1/t22-/m0/s1. The molecule has 2 aromatic heterocycles. The smallest absolute Gasteiger partial charge is 0.282 e. The van der Waals surface area contributed by atoms with E-state index in [1.807, 2.05) is 30.3 Å². The Morgan fingerprint density at radius 3 is 2.54 bits per heavy atom. The summed E-state index contributed by atoms with van der Waals surface area (Å²) in [6, 6.07) is 23.4. The molecule has 4 aromatic rings.